The standard InChI is InChI=1S/C15H18Cl2O2/c16-12-6-7-14(17)11(9-12)8-10-4-2-1-3-5-13(10)15(18)19/h6-7,9-10,13H,1-5,8H2,(H,18,19). The van der Waals surface area contributed by atoms with E-state index in [1.807, 2.05) is 6.07 Å². The first kappa shape index (κ1) is 14.7. The highest BCUT2D eigenvalue weighted by atomic mass is 35.5. The average Bonchev–Trinajstić information content (AvgIpc) is 2.59. The molecule has 0 radical (unpaired) electrons. The van der Waals surface area contributed by atoms with Gasteiger partial charge in [0, 0.05) is 10.0 Å². The molecule has 0 amide bonds. The van der Waals surface area contributed by atoms with Gasteiger partial charge in [-0.3, -0.25) is 4.79 Å². The Hall–Kier alpha value is -0.730. The number of aliphatic carboxylic acids is 1. The smallest absolute Gasteiger partial charge is 0.306 e. The van der Waals surface area contributed by atoms with Crippen molar-refractivity contribution < 1.29 is 9.90 Å². The highest BCUT2D eigenvalue weighted by Gasteiger charge is 2.29. The molecule has 0 spiro atoms. The highest BCUT2D eigenvalue weighted by Crippen LogP contribution is 2.34. The fraction of sp³-hybridized carbons (Fsp3) is 0.533. The molecule has 1 aliphatic carbocycles. The summed E-state index contributed by atoms with van der Waals surface area (Å²) in [7, 11) is 0. The van der Waals surface area contributed by atoms with E-state index in [1.54, 1.807) is 12.1 Å². The van der Waals surface area contributed by atoms with Crippen molar-refractivity contribution in [2.24, 2.45) is 11.8 Å². The van der Waals surface area contributed by atoms with Crippen LogP contribution >= 0.6 is 23.2 Å². The maximum Gasteiger partial charge on any atom is 0.306 e. The van der Waals surface area contributed by atoms with Gasteiger partial charge in [0.2, 0.25) is 0 Å². The Morgan fingerprint density at radius 2 is 1.95 bits per heavy atom. The fourth-order valence-electron chi connectivity index (χ4n) is 2.94. The SMILES string of the molecule is O=C(O)C1CCCCCC1Cc1cc(Cl)ccc1Cl. The van der Waals surface area contributed by atoms with Gasteiger partial charge in [-0.2, -0.15) is 0 Å². The van der Waals surface area contributed by atoms with Crippen LogP contribution in [0, 0.1) is 11.8 Å². The first-order valence-corrected chi connectivity index (χ1v) is 7.50. The molecular weight excluding hydrogens is 283 g/mol. The van der Waals surface area contributed by atoms with E-state index in [0.29, 0.717) is 16.5 Å². The van der Waals surface area contributed by atoms with E-state index in [4.69, 9.17) is 23.2 Å². The maximum atomic E-state index is 11.4. The van der Waals surface area contributed by atoms with Crippen LogP contribution in [0.1, 0.15) is 37.7 Å². The molecule has 104 valence electrons. The molecule has 0 aliphatic heterocycles. The van der Waals surface area contributed by atoms with Gasteiger partial charge in [0.25, 0.3) is 0 Å². The number of rotatable bonds is 3. The van der Waals surface area contributed by atoms with E-state index < -0.39 is 5.97 Å². The van der Waals surface area contributed by atoms with Gasteiger partial charge in [0.15, 0.2) is 0 Å². The van der Waals surface area contributed by atoms with Crippen molar-refractivity contribution in [3.05, 3.63) is 33.8 Å². The molecule has 1 aromatic rings. The number of hydrogen-bond donors (Lipinski definition) is 1. The second-order valence-electron chi connectivity index (χ2n) is 5.28. The van der Waals surface area contributed by atoms with E-state index in [-0.39, 0.29) is 11.8 Å². The molecule has 0 bridgehead atoms. The average molecular weight is 301 g/mol. The van der Waals surface area contributed by atoms with Crippen LogP contribution in [0.25, 0.3) is 0 Å². The molecule has 0 heterocycles. The Labute approximate surface area is 123 Å². The van der Waals surface area contributed by atoms with Crippen LogP contribution in [-0.4, -0.2) is 11.1 Å². The van der Waals surface area contributed by atoms with Gasteiger partial charge in [-0.05, 0) is 48.9 Å². The molecule has 1 aliphatic rings. The number of benzene rings is 1. The summed E-state index contributed by atoms with van der Waals surface area (Å²) in [6, 6.07) is 5.40. The molecule has 19 heavy (non-hydrogen) atoms. The molecule has 1 fully saturated rings. The zero-order valence-corrected chi connectivity index (χ0v) is 12.3. The molecule has 2 atom stereocenters. The zero-order chi connectivity index (χ0) is 13.8. The molecule has 2 unspecified atom stereocenters. The van der Waals surface area contributed by atoms with Gasteiger partial charge in [-0.25, -0.2) is 0 Å². The third kappa shape index (κ3) is 3.87. The number of carboxylic acid groups (broad SMARTS) is 1. The fourth-order valence-corrected chi connectivity index (χ4v) is 3.33. The lowest BCUT2D eigenvalue weighted by Gasteiger charge is -2.22. The van der Waals surface area contributed by atoms with E-state index in [9.17, 15) is 9.90 Å². The van der Waals surface area contributed by atoms with Gasteiger partial charge in [-0.15, -0.1) is 0 Å². The molecule has 1 N–H and O–H groups in total. The third-order valence-electron chi connectivity index (χ3n) is 3.97. The van der Waals surface area contributed by atoms with Crippen LogP contribution in [-0.2, 0) is 11.2 Å². The molecule has 1 saturated carbocycles. The van der Waals surface area contributed by atoms with Crippen LogP contribution in [0.5, 0.6) is 0 Å². The van der Waals surface area contributed by atoms with Crippen molar-refractivity contribution in [1.82, 2.24) is 0 Å². The monoisotopic (exact) mass is 300 g/mol. The minimum Gasteiger partial charge on any atom is -0.481 e. The molecule has 4 heteroatoms. The summed E-state index contributed by atoms with van der Waals surface area (Å²) < 4.78 is 0. The van der Waals surface area contributed by atoms with E-state index in [2.05, 4.69) is 0 Å². The Morgan fingerprint density at radius 1 is 1.21 bits per heavy atom. The normalized spacial score (nSPS) is 23.9. The number of carboxylic acids is 1. The van der Waals surface area contributed by atoms with Crippen LogP contribution in [0.4, 0.5) is 0 Å². The van der Waals surface area contributed by atoms with Gasteiger partial charge in [-0.1, -0.05) is 42.5 Å². The maximum absolute atomic E-state index is 11.4. The lowest BCUT2D eigenvalue weighted by Crippen LogP contribution is -2.24. The summed E-state index contributed by atoms with van der Waals surface area (Å²) in [6.45, 7) is 0. The summed E-state index contributed by atoms with van der Waals surface area (Å²) in [5.41, 5.74) is 0.965. The van der Waals surface area contributed by atoms with E-state index in [0.717, 1.165) is 37.7 Å². The molecular formula is C15H18Cl2O2. The number of carbonyl (C=O) groups is 1. The molecule has 2 rings (SSSR count). The van der Waals surface area contributed by atoms with Crippen LogP contribution < -0.4 is 0 Å². The Kier molecular flexibility index (Phi) is 5.12. The Morgan fingerprint density at radius 3 is 2.68 bits per heavy atom. The van der Waals surface area contributed by atoms with Gasteiger partial charge < -0.3 is 5.11 Å². The van der Waals surface area contributed by atoms with Crippen molar-refractivity contribution in [3.63, 3.8) is 0 Å². The Bertz CT molecular complexity index is 459. The quantitative estimate of drug-likeness (QED) is 0.813. The van der Waals surface area contributed by atoms with E-state index in [1.165, 1.54) is 0 Å². The second kappa shape index (κ2) is 6.62. The lowest BCUT2D eigenvalue weighted by atomic mass is 9.83. The molecule has 1 aromatic carbocycles. The van der Waals surface area contributed by atoms with Crippen LogP contribution in [0.3, 0.4) is 0 Å². The summed E-state index contributed by atoms with van der Waals surface area (Å²) in [5, 5.41) is 10.7. The van der Waals surface area contributed by atoms with Crippen molar-refractivity contribution >= 4 is 29.2 Å². The predicted octanol–water partition coefficient (Wildman–Crippen LogP) is 4.82. The largest absolute Gasteiger partial charge is 0.481 e. The number of hydrogen-bond acceptors (Lipinski definition) is 1. The first-order chi connectivity index (χ1) is 9.08. The van der Waals surface area contributed by atoms with Crippen LogP contribution in [0.15, 0.2) is 18.2 Å². The predicted molar refractivity (Wildman–Crippen MR) is 77.9 cm³/mol. The first-order valence-electron chi connectivity index (χ1n) is 6.74. The molecule has 2 nitrogen and oxygen atoms in total. The van der Waals surface area contributed by atoms with Crippen molar-refractivity contribution in [2.45, 2.75) is 38.5 Å². The second-order valence-corrected chi connectivity index (χ2v) is 6.13. The number of halogens is 2. The summed E-state index contributed by atoms with van der Waals surface area (Å²) in [5.74, 6) is -0.765. The van der Waals surface area contributed by atoms with E-state index >= 15 is 0 Å². The molecule has 0 aromatic heterocycles. The Balaban J connectivity index is 2.18. The molecule has 0 saturated heterocycles. The summed E-state index contributed by atoms with van der Waals surface area (Å²) in [4.78, 5) is 11.4. The van der Waals surface area contributed by atoms with Crippen molar-refractivity contribution in [2.75, 3.05) is 0 Å². The minimum absolute atomic E-state index is 0.163. The zero-order valence-electron chi connectivity index (χ0n) is 10.7. The van der Waals surface area contributed by atoms with Gasteiger partial charge >= 0.3 is 5.97 Å². The van der Waals surface area contributed by atoms with Gasteiger partial charge in [0.05, 0.1) is 5.92 Å². The minimum atomic E-state index is -0.676. The van der Waals surface area contributed by atoms with Gasteiger partial charge in [0.1, 0.15) is 0 Å². The lowest BCUT2D eigenvalue weighted by molar-refractivity contribution is -0.143. The van der Waals surface area contributed by atoms with Crippen molar-refractivity contribution in [3.8, 4) is 0 Å². The third-order valence-corrected chi connectivity index (χ3v) is 4.57. The highest BCUT2D eigenvalue weighted by molar-refractivity contribution is 6.33. The van der Waals surface area contributed by atoms with Crippen molar-refractivity contribution in [1.29, 1.82) is 0 Å². The summed E-state index contributed by atoms with van der Waals surface area (Å²) in [6.07, 6.45) is 5.68. The topological polar surface area (TPSA) is 37.3 Å². The summed E-state index contributed by atoms with van der Waals surface area (Å²) >= 11 is 12.2. The van der Waals surface area contributed by atoms with Crippen LogP contribution in [0.2, 0.25) is 10.0 Å².